The first kappa shape index (κ1) is 27.5. The summed E-state index contributed by atoms with van der Waals surface area (Å²) >= 11 is 0. The third-order valence-corrected chi connectivity index (χ3v) is 11.3. The van der Waals surface area contributed by atoms with Crippen molar-refractivity contribution in [2.45, 2.75) is 76.0 Å². The number of carboxylic acids is 1. The first-order valence-electron chi connectivity index (χ1n) is 13.6. The molecule has 202 valence electrons. The van der Waals surface area contributed by atoms with Gasteiger partial charge in [0.2, 0.25) is 0 Å². The Labute approximate surface area is 216 Å². The number of carbonyl (C=O) groups is 1. The Morgan fingerprint density at radius 1 is 1.11 bits per heavy atom. The van der Waals surface area contributed by atoms with Gasteiger partial charge >= 0.3 is 5.97 Å². The molecule has 0 radical (unpaired) electrons. The van der Waals surface area contributed by atoms with Crippen molar-refractivity contribution < 1.29 is 22.7 Å². The lowest BCUT2D eigenvalue weighted by molar-refractivity contribution is -0.143. The maximum Gasteiger partial charge on any atom is 0.320 e. The molecule has 1 saturated carbocycles. The molecule has 3 fully saturated rings. The third kappa shape index (κ3) is 6.87. The fourth-order valence-corrected chi connectivity index (χ4v) is 7.21. The van der Waals surface area contributed by atoms with Gasteiger partial charge in [0.15, 0.2) is 9.84 Å². The number of carboxylic acid groups (broad SMARTS) is 1. The van der Waals surface area contributed by atoms with Gasteiger partial charge in [0.25, 0.3) is 0 Å². The average Bonchev–Trinajstić information content (AvgIpc) is 3.54. The maximum absolute atomic E-state index is 14.1. The Kier molecular flexibility index (Phi) is 8.47. The van der Waals surface area contributed by atoms with Crippen LogP contribution < -0.4 is 0 Å². The quantitative estimate of drug-likeness (QED) is 0.491. The fourth-order valence-electron chi connectivity index (χ4n) is 5.95. The van der Waals surface area contributed by atoms with Crippen molar-refractivity contribution >= 4 is 15.8 Å². The number of aliphatic carboxylic acids is 1. The molecule has 2 saturated heterocycles. The van der Waals surface area contributed by atoms with Crippen molar-refractivity contribution in [3.8, 4) is 0 Å². The van der Waals surface area contributed by atoms with E-state index in [4.69, 9.17) is 0 Å². The van der Waals surface area contributed by atoms with Crippen LogP contribution in [-0.2, 0) is 14.6 Å². The fraction of sp³-hybridized carbons (Fsp3) is 0.750. The highest BCUT2D eigenvalue weighted by Crippen LogP contribution is 2.39. The molecule has 0 spiro atoms. The van der Waals surface area contributed by atoms with Gasteiger partial charge in [-0.2, -0.15) is 0 Å². The highest BCUT2D eigenvalue weighted by molar-refractivity contribution is 7.92. The predicted molar refractivity (Wildman–Crippen MR) is 140 cm³/mol. The first-order valence-corrected chi connectivity index (χ1v) is 15.2. The maximum atomic E-state index is 14.1. The minimum absolute atomic E-state index is 0.108. The Balaban J connectivity index is 1.38. The molecule has 0 bridgehead atoms. The SMILES string of the molecule is CC(C)(C)S(=O)(=O)CCC1CCN(CC2CN(C(CC3CC3)C(=O)O)CC2c2cccc(F)c2)CC1. The molecule has 3 unspecified atom stereocenters. The number of hydrogen-bond donors (Lipinski definition) is 1. The van der Waals surface area contributed by atoms with E-state index in [1.54, 1.807) is 32.9 Å². The zero-order valence-electron chi connectivity index (χ0n) is 22.0. The molecule has 1 aromatic rings. The van der Waals surface area contributed by atoms with Crippen molar-refractivity contribution in [1.82, 2.24) is 9.80 Å². The second kappa shape index (κ2) is 11.1. The second-order valence-electron chi connectivity index (χ2n) is 12.4. The van der Waals surface area contributed by atoms with Gasteiger partial charge in [-0.25, -0.2) is 12.8 Å². The summed E-state index contributed by atoms with van der Waals surface area (Å²) in [5.74, 6) is 0.557. The Morgan fingerprint density at radius 3 is 2.39 bits per heavy atom. The number of hydrogen-bond acceptors (Lipinski definition) is 5. The van der Waals surface area contributed by atoms with E-state index in [9.17, 15) is 22.7 Å². The van der Waals surface area contributed by atoms with Crippen LogP contribution in [0.5, 0.6) is 0 Å². The predicted octanol–water partition coefficient (Wildman–Crippen LogP) is 4.41. The summed E-state index contributed by atoms with van der Waals surface area (Å²) < 4.78 is 38.4. The standard InChI is InChI=1S/C28H43FN2O4S/c1-28(2,3)36(34,35)14-11-20-9-12-30(13-10-20)17-23-18-31(26(27(32)33)15-21-7-8-21)19-25(23)22-5-4-6-24(29)16-22/h4-6,16,20-21,23,25-26H,7-15,17-19H2,1-3H3,(H,32,33). The third-order valence-electron chi connectivity index (χ3n) is 8.65. The van der Waals surface area contributed by atoms with E-state index in [0.717, 1.165) is 57.3 Å². The summed E-state index contributed by atoms with van der Waals surface area (Å²) in [5.41, 5.74) is 0.959. The van der Waals surface area contributed by atoms with E-state index in [2.05, 4.69) is 9.80 Å². The Hall–Kier alpha value is -1.51. The number of nitrogens with zero attached hydrogens (tertiary/aromatic N) is 2. The van der Waals surface area contributed by atoms with Crippen LogP contribution in [0.4, 0.5) is 4.39 Å². The van der Waals surface area contributed by atoms with Gasteiger partial charge in [-0.15, -0.1) is 0 Å². The van der Waals surface area contributed by atoms with Crippen molar-refractivity contribution in [3.05, 3.63) is 35.6 Å². The minimum atomic E-state index is -3.09. The zero-order chi connectivity index (χ0) is 26.1. The molecule has 8 heteroatoms. The molecule has 0 amide bonds. The van der Waals surface area contributed by atoms with E-state index in [-0.39, 0.29) is 23.4 Å². The molecule has 0 aromatic heterocycles. The first-order chi connectivity index (χ1) is 16.9. The molecule has 4 rings (SSSR count). The van der Waals surface area contributed by atoms with E-state index in [1.165, 1.54) is 6.07 Å². The lowest BCUT2D eigenvalue weighted by Crippen LogP contribution is -2.42. The lowest BCUT2D eigenvalue weighted by Gasteiger charge is -2.35. The molecular formula is C28H43FN2O4S. The van der Waals surface area contributed by atoms with Gasteiger partial charge in [0.05, 0.1) is 10.5 Å². The van der Waals surface area contributed by atoms with E-state index >= 15 is 0 Å². The van der Waals surface area contributed by atoms with Crippen molar-refractivity contribution in [2.75, 3.05) is 38.5 Å². The molecule has 2 heterocycles. The molecule has 1 N–H and O–H groups in total. The molecule has 6 nitrogen and oxygen atoms in total. The van der Waals surface area contributed by atoms with Crippen LogP contribution in [0.25, 0.3) is 0 Å². The second-order valence-corrected chi connectivity index (χ2v) is 15.2. The minimum Gasteiger partial charge on any atom is -0.480 e. The molecule has 2 aliphatic heterocycles. The van der Waals surface area contributed by atoms with Crippen LogP contribution in [0.3, 0.4) is 0 Å². The molecule has 1 aliphatic carbocycles. The highest BCUT2D eigenvalue weighted by Gasteiger charge is 2.42. The van der Waals surface area contributed by atoms with Gasteiger partial charge < -0.3 is 10.0 Å². The van der Waals surface area contributed by atoms with Crippen LogP contribution in [0, 0.1) is 23.6 Å². The number of halogens is 1. The summed E-state index contributed by atoms with van der Waals surface area (Å²) in [7, 11) is -3.09. The van der Waals surface area contributed by atoms with Crippen LogP contribution >= 0.6 is 0 Å². The van der Waals surface area contributed by atoms with Crippen LogP contribution in [-0.4, -0.2) is 78.6 Å². The smallest absolute Gasteiger partial charge is 0.320 e. The number of rotatable bonds is 10. The lowest BCUT2D eigenvalue weighted by atomic mass is 9.87. The molecule has 3 atom stereocenters. The summed E-state index contributed by atoms with van der Waals surface area (Å²) in [6.07, 6.45) is 5.65. The number of piperidine rings is 1. The van der Waals surface area contributed by atoms with Crippen LogP contribution in [0.2, 0.25) is 0 Å². The normalized spacial score (nSPS) is 25.8. The van der Waals surface area contributed by atoms with Gasteiger partial charge in [0.1, 0.15) is 11.9 Å². The summed E-state index contributed by atoms with van der Waals surface area (Å²) in [5, 5.41) is 9.95. The zero-order valence-corrected chi connectivity index (χ0v) is 22.9. The monoisotopic (exact) mass is 522 g/mol. The summed E-state index contributed by atoms with van der Waals surface area (Å²) in [6, 6.07) is 6.33. The van der Waals surface area contributed by atoms with Gasteiger partial charge in [-0.1, -0.05) is 25.0 Å². The average molecular weight is 523 g/mol. The number of benzene rings is 1. The topological polar surface area (TPSA) is 77.9 Å². The van der Waals surface area contributed by atoms with E-state index in [0.29, 0.717) is 31.3 Å². The molecule has 36 heavy (non-hydrogen) atoms. The molecule has 1 aromatic carbocycles. The largest absolute Gasteiger partial charge is 0.480 e. The van der Waals surface area contributed by atoms with E-state index < -0.39 is 26.6 Å². The van der Waals surface area contributed by atoms with Crippen molar-refractivity contribution in [1.29, 1.82) is 0 Å². The highest BCUT2D eigenvalue weighted by atomic mass is 32.2. The van der Waals surface area contributed by atoms with E-state index in [1.807, 2.05) is 6.07 Å². The molecule has 3 aliphatic rings. The summed E-state index contributed by atoms with van der Waals surface area (Å²) in [6.45, 7) is 9.39. The van der Waals surface area contributed by atoms with Crippen LogP contribution in [0.15, 0.2) is 24.3 Å². The number of likely N-dealkylation sites (tertiary alicyclic amines) is 2. The van der Waals surface area contributed by atoms with Crippen molar-refractivity contribution in [3.63, 3.8) is 0 Å². The van der Waals surface area contributed by atoms with Crippen LogP contribution in [0.1, 0.15) is 70.8 Å². The summed E-state index contributed by atoms with van der Waals surface area (Å²) in [4.78, 5) is 16.7. The van der Waals surface area contributed by atoms with Gasteiger partial charge in [-0.3, -0.25) is 9.69 Å². The number of sulfone groups is 1. The van der Waals surface area contributed by atoms with Gasteiger partial charge in [0, 0.05) is 25.6 Å². The Morgan fingerprint density at radius 2 is 1.81 bits per heavy atom. The van der Waals surface area contributed by atoms with Crippen molar-refractivity contribution in [2.24, 2.45) is 17.8 Å². The van der Waals surface area contributed by atoms with Gasteiger partial charge in [-0.05, 0) is 95.0 Å². The Bertz CT molecular complexity index is 1010. The molecular weight excluding hydrogens is 479 g/mol.